The van der Waals surface area contributed by atoms with Crippen LogP contribution >= 0.6 is 22.3 Å². The van der Waals surface area contributed by atoms with Crippen LogP contribution in [0.15, 0.2) is 35.2 Å². The molecule has 6 heteroatoms. The van der Waals surface area contributed by atoms with Gasteiger partial charge in [0.15, 0.2) is 0 Å². The van der Waals surface area contributed by atoms with Gasteiger partial charge in [0.05, 0.1) is 16.5 Å². The van der Waals surface area contributed by atoms with Gasteiger partial charge in [-0.3, -0.25) is 0 Å². The Morgan fingerprint density at radius 1 is 1.22 bits per heavy atom. The zero-order valence-electron chi connectivity index (χ0n) is 9.48. The summed E-state index contributed by atoms with van der Waals surface area (Å²) >= 11 is 6.18. The molecule has 96 valence electrons. The first-order chi connectivity index (χ1) is 8.43. The number of hydrogen-bond donors (Lipinski definition) is 0. The molecule has 2 aromatic carbocycles. The highest BCUT2D eigenvalue weighted by molar-refractivity contribution is 8.13. The number of ether oxygens (including phenoxy) is 1. The van der Waals surface area contributed by atoms with Crippen LogP contribution in [0, 0.1) is 0 Å². The molecule has 0 aliphatic heterocycles. The lowest BCUT2D eigenvalue weighted by molar-refractivity contribution is 0.341. The minimum atomic E-state index is -3.73. The average Bonchev–Trinajstić information content (AvgIpc) is 2.31. The third kappa shape index (κ3) is 2.55. The molecule has 0 atom stereocenters. The summed E-state index contributed by atoms with van der Waals surface area (Å²) in [5.41, 5.74) is 0. The highest BCUT2D eigenvalue weighted by Gasteiger charge is 2.12. The molecule has 0 spiro atoms. The van der Waals surface area contributed by atoms with Crippen molar-refractivity contribution in [1.82, 2.24) is 0 Å². The van der Waals surface area contributed by atoms with Gasteiger partial charge in [0, 0.05) is 16.1 Å². The van der Waals surface area contributed by atoms with Crippen LogP contribution in [-0.4, -0.2) is 15.0 Å². The van der Waals surface area contributed by atoms with E-state index >= 15 is 0 Å². The van der Waals surface area contributed by atoms with Crippen molar-refractivity contribution in [3.05, 3.63) is 35.4 Å². The second kappa shape index (κ2) is 4.96. The van der Waals surface area contributed by atoms with Crippen molar-refractivity contribution in [2.24, 2.45) is 0 Å². The van der Waals surface area contributed by atoms with E-state index in [1.807, 2.05) is 6.92 Å². The van der Waals surface area contributed by atoms with Gasteiger partial charge < -0.3 is 4.74 Å². The average molecular weight is 305 g/mol. The highest BCUT2D eigenvalue weighted by Crippen LogP contribution is 2.34. The lowest BCUT2D eigenvalue weighted by atomic mass is 10.1. The lowest BCUT2D eigenvalue weighted by Crippen LogP contribution is -1.94. The maximum absolute atomic E-state index is 11.2. The minimum Gasteiger partial charge on any atom is -0.492 e. The Morgan fingerprint density at radius 2 is 1.94 bits per heavy atom. The van der Waals surface area contributed by atoms with Gasteiger partial charge in [-0.25, -0.2) is 8.42 Å². The first-order valence-electron chi connectivity index (χ1n) is 5.23. The molecule has 0 aromatic heterocycles. The Morgan fingerprint density at radius 3 is 2.56 bits per heavy atom. The Hall–Kier alpha value is -0.970. The summed E-state index contributed by atoms with van der Waals surface area (Å²) < 4.78 is 27.8. The van der Waals surface area contributed by atoms with Crippen LogP contribution < -0.4 is 4.74 Å². The molecule has 0 saturated heterocycles. The fourth-order valence-corrected chi connectivity index (χ4v) is 2.74. The van der Waals surface area contributed by atoms with Crippen molar-refractivity contribution in [2.75, 3.05) is 6.61 Å². The van der Waals surface area contributed by atoms with Crippen molar-refractivity contribution in [1.29, 1.82) is 0 Å². The topological polar surface area (TPSA) is 43.4 Å². The maximum Gasteiger partial charge on any atom is 0.261 e. The quantitative estimate of drug-likeness (QED) is 0.810. The van der Waals surface area contributed by atoms with E-state index < -0.39 is 9.05 Å². The zero-order valence-corrected chi connectivity index (χ0v) is 11.8. The summed E-state index contributed by atoms with van der Waals surface area (Å²) in [4.78, 5) is 0.0527. The third-order valence-corrected chi connectivity index (χ3v) is 4.21. The number of benzene rings is 2. The van der Waals surface area contributed by atoms with Crippen LogP contribution in [0.4, 0.5) is 0 Å². The molecule has 0 heterocycles. The molecule has 2 aromatic rings. The number of rotatable bonds is 3. The summed E-state index contributed by atoms with van der Waals surface area (Å²) in [5.74, 6) is 0.577. The Balaban J connectivity index is 2.65. The molecule has 3 nitrogen and oxygen atoms in total. The van der Waals surface area contributed by atoms with E-state index in [9.17, 15) is 8.42 Å². The molecule has 18 heavy (non-hydrogen) atoms. The van der Waals surface area contributed by atoms with Gasteiger partial charge in [-0.15, -0.1) is 0 Å². The van der Waals surface area contributed by atoms with Crippen molar-refractivity contribution in [3.63, 3.8) is 0 Å². The molecule has 0 aliphatic rings. The van der Waals surface area contributed by atoms with E-state index in [0.29, 0.717) is 22.8 Å². The van der Waals surface area contributed by atoms with Gasteiger partial charge in [0.25, 0.3) is 9.05 Å². The van der Waals surface area contributed by atoms with Crippen LogP contribution in [-0.2, 0) is 9.05 Å². The lowest BCUT2D eigenvalue weighted by Gasteiger charge is -2.08. The maximum atomic E-state index is 11.2. The smallest absolute Gasteiger partial charge is 0.261 e. The summed E-state index contributed by atoms with van der Waals surface area (Å²) in [5, 5.41) is 1.89. The molecule has 0 saturated carbocycles. The van der Waals surface area contributed by atoms with Crippen molar-refractivity contribution < 1.29 is 13.2 Å². The molecule has 0 aliphatic carbocycles. The van der Waals surface area contributed by atoms with Crippen LogP contribution in [0.5, 0.6) is 5.75 Å². The molecule has 2 rings (SSSR count). The van der Waals surface area contributed by atoms with E-state index in [2.05, 4.69) is 0 Å². The number of fused-ring (bicyclic) bond motifs is 1. The fourth-order valence-electron chi connectivity index (χ4n) is 1.67. The van der Waals surface area contributed by atoms with Crippen LogP contribution in [0.25, 0.3) is 10.8 Å². The van der Waals surface area contributed by atoms with E-state index in [1.165, 1.54) is 12.1 Å². The second-order valence-electron chi connectivity index (χ2n) is 3.63. The molecule has 0 N–H and O–H groups in total. The molecule has 0 radical (unpaired) electrons. The van der Waals surface area contributed by atoms with E-state index in [1.54, 1.807) is 18.2 Å². The molecular formula is C12H10Cl2O3S. The first-order valence-corrected chi connectivity index (χ1v) is 7.92. The predicted octanol–water partition coefficient (Wildman–Crippen LogP) is 3.82. The summed E-state index contributed by atoms with van der Waals surface area (Å²) in [6.07, 6.45) is 0. The second-order valence-corrected chi connectivity index (χ2v) is 6.58. The van der Waals surface area contributed by atoms with Crippen LogP contribution in [0.2, 0.25) is 5.02 Å². The molecule has 0 unspecified atom stereocenters. The minimum absolute atomic E-state index is 0.0527. The van der Waals surface area contributed by atoms with Crippen LogP contribution in [0.3, 0.4) is 0 Å². The SMILES string of the molecule is CCOc1ccc2cc(S(=O)(=O)Cl)ccc2c1Cl. The zero-order chi connectivity index (χ0) is 13.3. The standard InChI is InChI=1S/C12H10Cl2O3S/c1-2-17-11-6-3-8-7-9(18(14,15)16)4-5-10(8)12(11)13/h3-7H,2H2,1H3. The van der Waals surface area contributed by atoms with Gasteiger partial charge in [0.1, 0.15) is 5.75 Å². The van der Waals surface area contributed by atoms with E-state index in [0.717, 1.165) is 5.39 Å². The summed E-state index contributed by atoms with van der Waals surface area (Å²) in [6.45, 7) is 2.38. The normalized spacial score (nSPS) is 11.7. The van der Waals surface area contributed by atoms with E-state index in [-0.39, 0.29) is 4.90 Å². The highest BCUT2D eigenvalue weighted by atomic mass is 35.7. The van der Waals surface area contributed by atoms with E-state index in [4.69, 9.17) is 27.0 Å². The third-order valence-electron chi connectivity index (χ3n) is 2.47. The number of hydrogen-bond acceptors (Lipinski definition) is 3. The van der Waals surface area contributed by atoms with Gasteiger partial charge >= 0.3 is 0 Å². The number of halogens is 2. The first kappa shape index (κ1) is 13.5. The molecule has 0 amide bonds. The predicted molar refractivity (Wildman–Crippen MR) is 73.2 cm³/mol. The van der Waals surface area contributed by atoms with Gasteiger partial charge in [0.2, 0.25) is 0 Å². The fraction of sp³-hybridized carbons (Fsp3) is 0.167. The van der Waals surface area contributed by atoms with Crippen molar-refractivity contribution in [3.8, 4) is 5.75 Å². The largest absolute Gasteiger partial charge is 0.492 e. The Bertz CT molecular complexity index is 696. The monoisotopic (exact) mass is 304 g/mol. The molecule has 0 fully saturated rings. The van der Waals surface area contributed by atoms with Crippen LogP contribution in [0.1, 0.15) is 6.92 Å². The molecule has 0 bridgehead atoms. The summed E-state index contributed by atoms with van der Waals surface area (Å²) in [7, 11) is 1.56. The van der Waals surface area contributed by atoms with Crippen molar-refractivity contribution >= 4 is 42.1 Å². The van der Waals surface area contributed by atoms with Gasteiger partial charge in [-0.1, -0.05) is 23.7 Å². The molecular weight excluding hydrogens is 295 g/mol. The van der Waals surface area contributed by atoms with Crippen molar-refractivity contribution in [2.45, 2.75) is 11.8 Å². The van der Waals surface area contributed by atoms with Gasteiger partial charge in [-0.2, -0.15) is 0 Å². The van der Waals surface area contributed by atoms with Gasteiger partial charge in [-0.05, 0) is 30.5 Å². The Kier molecular flexibility index (Phi) is 3.71. The summed E-state index contributed by atoms with van der Waals surface area (Å²) in [6, 6.07) is 7.98. The Labute approximate surface area is 115 Å².